The van der Waals surface area contributed by atoms with Gasteiger partial charge in [-0.05, 0) is 53.6 Å². The minimum absolute atomic E-state index is 0.259. The Bertz CT molecular complexity index is 410. The van der Waals surface area contributed by atoms with Gasteiger partial charge < -0.3 is 4.90 Å². The lowest BCUT2D eigenvalue weighted by atomic mass is 9.82. The summed E-state index contributed by atoms with van der Waals surface area (Å²) in [6.07, 6.45) is 4.54. The van der Waals surface area contributed by atoms with Crippen molar-refractivity contribution >= 4 is 33.2 Å². The lowest BCUT2D eigenvalue weighted by Crippen LogP contribution is -2.34. The molecular formula is C14H20BrNOS. The molecule has 1 amide bonds. The second-order valence-electron chi connectivity index (χ2n) is 5.38. The van der Waals surface area contributed by atoms with Crippen molar-refractivity contribution in [1.29, 1.82) is 0 Å². The molecule has 1 aromatic heterocycles. The molecule has 0 aromatic carbocycles. The SMILES string of the molecule is CC1CCC(C(=O)N(C)Cc2cc(Br)cs2)CC1. The quantitative estimate of drug-likeness (QED) is 0.809. The molecule has 100 valence electrons. The first kappa shape index (κ1) is 14.1. The number of carbonyl (C=O) groups is 1. The number of amides is 1. The van der Waals surface area contributed by atoms with Crippen molar-refractivity contribution in [3.8, 4) is 0 Å². The maximum Gasteiger partial charge on any atom is 0.225 e. The van der Waals surface area contributed by atoms with E-state index in [9.17, 15) is 4.79 Å². The fraction of sp³-hybridized carbons (Fsp3) is 0.643. The van der Waals surface area contributed by atoms with E-state index in [1.807, 2.05) is 11.9 Å². The Morgan fingerprint density at radius 3 is 2.67 bits per heavy atom. The number of halogens is 1. The van der Waals surface area contributed by atoms with Gasteiger partial charge in [0.1, 0.15) is 0 Å². The number of hydrogen-bond donors (Lipinski definition) is 0. The first-order valence-electron chi connectivity index (χ1n) is 6.54. The summed E-state index contributed by atoms with van der Waals surface area (Å²) in [6.45, 7) is 3.02. The van der Waals surface area contributed by atoms with E-state index in [2.05, 4.69) is 34.3 Å². The summed E-state index contributed by atoms with van der Waals surface area (Å²) in [5.74, 6) is 1.38. The summed E-state index contributed by atoms with van der Waals surface area (Å²) >= 11 is 5.15. The van der Waals surface area contributed by atoms with Crippen LogP contribution < -0.4 is 0 Å². The Kier molecular flexibility index (Phi) is 4.84. The maximum absolute atomic E-state index is 12.3. The molecule has 18 heavy (non-hydrogen) atoms. The molecule has 0 unspecified atom stereocenters. The first-order chi connectivity index (χ1) is 8.56. The fourth-order valence-corrected chi connectivity index (χ4v) is 4.07. The van der Waals surface area contributed by atoms with Crippen LogP contribution in [0.3, 0.4) is 0 Å². The lowest BCUT2D eigenvalue weighted by Gasteiger charge is -2.28. The molecule has 2 rings (SSSR count). The van der Waals surface area contributed by atoms with Gasteiger partial charge in [0, 0.05) is 27.7 Å². The summed E-state index contributed by atoms with van der Waals surface area (Å²) in [6, 6.07) is 2.09. The summed E-state index contributed by atoms with van der Waals surface area (Å²) in [7, 11) is 1.92. The third-order valence-corrected chi connectivity index (χ3v) is 5.44. The third-order valence-electron chi connectivity index (χ3n) is 3.76. The zero-order valence-corrected chi connectivity index (χ0v) is 13.4. The van der Waals surface area contributed by atoms with Gasteiger partial charge in [-0.3, -0.25) is 4.79 Å². The van der Waals surface area contributed by atoms with Gasteiger partial charge >= 0.3 is 0 Å². The second kappa shape index (κ2) is 6.20. The van der Waals surface area contributed by atoms with Crippen molar-refractivity contribution in [2.24, 2.45) is 11.8 Å². The maximum atomic E-state index is 12.3. The Labute approximate surface area is 122 Å². The van der Waals surface area contributed by atoms with Crippen LogP contribution in [0.4, 0.5) is 0 Å². The molecule has 1 aromatic rings. The molecule has 1 saturated carbocycles. The molecule has 1 aliphatic rings. The molecule has 0 N–H and O–H groups in total. The largest absolute Gasteiger partial charge is 0.340 e. The normalized spacial score (nSPS) is 23.9. The number of nitrogens with zero attached hydrogens (tertiary/aromatic N) is 1. The van der Waals surface area contributed by atoms with Gasteiger partial charge in [0.05, 0.1) is 6.54 Å². The van der Waals surface area contributed by atoms with Gasteiger partial charge in [0.15, 0.2) is 0 Å². The molecule has 0 saturated heterocycles. The fourth-order valence-electron chi connectivity index (χ4n) is 2.57. The third kappa shape index (κ3) is 3.58. The van der Waals surface area contributed by atoms with E-state index in [4.69, 9.17) is 0 Å². The summed E-state index contributed by atoms with van der Waals surface area (Å²) in [5, 5.41) is 2.07. The second-order valence-corrected chi connectivity index (χ2v) is 7.29. The molecule has 0 aliphatic heterocycles. The van der Waals surface area contributed by atoms with Gasteiger partial charge in [-0.1, -0.05) is 6.92 Å². The van der Waals surface area contributed by atoms with E-state index >= 15 is 0 Å². The highest BCUT2D eigenvalue weighted by atomic mass is 79.9. The van der Waals surface area contributed by atoms with E-state index in [1.165, 1.54) is 17.7 Å². The molecule has 4 heteroatoms. The van der Waals surface area contributed by atoms with Crippen LogP contribution >= 0.6 is 27.3 Å². The predicted octanol–water partition coefficient (Wildman–Crippen LogP) is 4.30. The van der Waals surface area contributed by atoms with Crippen LogP contribution in [0.2, 0.25) is 0 Å². The van der Waals surface area contributed by atoms with Gasteiger partial charge in [-0.25, -0.2) is 0 Å². The van der Waals surface area contributed by atoms with Gasteiger partial charge in [-0.2, -0.15) is 0 Å². The van der Waals surface area contributed by atoms with Crippen LogP contribution in [0, 0.1) is 11.8 Å². The Balaban J connectivity index is 1.88. The van der Waals surface area contributed by atoms with Crippen molar-refractivity contribution < 1.29 is 4.79 Å². The molecule has 0 radical (unpaired) electrons. The molecular weight excluding hydrogens is 310 g/mol. The van der Waals surface area contributed by atoms with Crippen molar-refractivity contribution in [2.75, 3.05) is 7.05 Å². The van der Waals surface area contributed by atoms with Crippen LogP contribution in [-0.4, -0.2) is 17.9 Å². The number of hydrogen-bond acceptors (Lipinski definition) is 2. The monoisotopic (exact) mass is 329 g/mol. The standard InChI is InChI=1S/C14H20BrNOS/c1-10-3-5-11(6-4-10)14(17)16(2)8-13-7-12(15)9-18-13/h7,9-11H,3-6,8H2,1-2H3. The van der Waals surface area contributed by atoms with E-state index in [1.54, 1.807) is 11.3 Å². The van der Waals surface area contributed by atoms with Gasteiger partial charge in [0.2, 0.25) is 5.91 Å². The highest BCUT2D eigenvalue weighted by Gasteiger charge is 2.26. The number of carbonyl (C=O) groups excluding carboxylic acids is 1. The van der Waals surface area contributed by atoms with Crippen LogP contribution in [0.15, 0.2) is 15.9 Å². The Hall–Kier alpha value is -0.350. The van der Waals surface area contributed by atoms with E-state index in [0.717, 1.165) is 29.8 Å². The molecule has 0 bridgehead atoms. The van der Waals surface area contributed by atoms with Crippen LogP contribution in [-0.2, 0) is 11.3 Å². The molecule has 1 aliphatic carbocycles. The molecule has 1 fully saturated rings. The zero-order chi connectivity index (χ0) is 13.1. The van der Waals surface area contributed by atoms with Crippen LogP contribution in [0.1, 0.15) is 37.5 Å². The smallest absolute Gasteiger partial charge is 0.225 e. The Morgan fingerprint density at radius 2 is 2.11 bits per heavy atom. The molecule has 1 heterocycles. The van der Waals surface area contributed by atoms with Gasteiger partial charge in [0.25, 0.3) is 0 Å². The number of thiophene rings is 1. The predicted molar refractivity (Wildman–Crippen MR) is 79.6 cm³/mol. The average molecular weight is 330 g/mol. The summed E-state index contributed by atoms with van der Waals surface area (Å²) in [5.41, 5.74) is 0. The van der Waals surface area contributed by atoms with E-state index < -0.39 is 0 Å². The highest BCUT2D eigenvalue weighted by molar-refractivity contribution is 9.10. The molecule has 0 spiro atoms. The lowest BCUT2D eigenvalue weighted by molar-refractivity contribution is -0.136. The van der Waals surface area contributed by atoms with Gasteiger partial charge in [-0.15, -0.1) is 11.3 Å². The summed E-state index contributed by atoms with van der Waals surface area (Å²) < 4.78 is 1.11. The summed E-state index contributed by atoms with van der Waals surface area (Å²) in [4.78, 5) is 15.5. The Morgan fingerprint density at radius 1 is 1.44 bits per heavy atom. The number of rotatable bonds is 3. The van der Waals surface area contributed by atoms with Crippen LogP contribution in [0.25, 0.3) is 0 Å². The average Bonchev–Trinajstić information content (AvgIpc) is 2.75. The highest BCUT2D eigenvalue weighted by Crippen LogP contribution is 2.30. The van der Waals surface area contributed by atoms with E-state index in [-0.39, 0.29) is 5.92 Å². The molecule has 0 atom stereocenters. The minimum atomic E-state index is 0.259. The van der Waals surface area contributed by atoms with Crippen LogP contribution in [0.5, 0.6) is 0 Å². The topological polar surface area (TPSA) is 20.3 Å². The minimum Gasteiger partial charge on any atom is -0.340 e. The first-order valence-corrected chi connectivity index (χ1v) is 8.21. The van der Waals surface area contributed by atoms with Crippen molar-refractivity contribution in [3.63, 3.8) is 0 Å². The van der Waals surface area contributed by atoms with E-state index in [0.29, 0.717) is 5.91 Å². The van der Waals surface area contributed by atoms with Crippen molar-refractivity contribution in [3.05, 3.63) is 20.8 Å². The molecule has 2 nitrogen and oxygen atoms in total. The zero-order valence-electron chi connectivity index (χ0n) is 11.0. The van der Waals surface area contributed by atoms with Crippen molar-refractivity contribution in [1.82, 2.24) is 4.90 Å². The van der Waals surface area contributed by atoms with Crippen molar-refractivity contribution in [2.45, 2.75) is 39.2 Å².